The Labute approximate surface area is 124 Å². The van der Waals surface area contributed by atoms with E-state index >= 15 is 0 Å². The Balaban J connectivity index is 1.77. The van der Waals surface area contributed by atoms with Crippen LogP contribution in [0.25, 0.3) is 0 Å². The molecule has 5 heteroatoms. The van der Waals surface area contributed by atoms with Gasteiger partial charge < -0.3 is 5.32 Å². The maximum atomic E-state index is 12.5. The second kappa shape index (κ2) is 5.76. The van der Waals surface area contributed by atoms with Crippen molar-refractivity contribution in [1.29, 1.82) is 0 Å². The van der Waals surface area contributed by atoms with Crippen LogP contribution < -0.4 is 10.9 Å². The Kier molecular flexibility index (Phi) is 4.01. The molecule has 1 aromatic rings. The third-order valence-electron chi connectivity index (χ3n) is 4.88. The van der Waals surface area contributed by atoms with Crippen LogP contribution >= 0.6 is 11.6 Å². The Hall–Kier alpha value is -1.03. The predicted molar refractivity (Wildman–Crippen MR) is 81.3 cm³/mol. The predicted octanol–water partition coefficient (Wildman–Crippen LogP) is 3.30. The first-order chi connectivity index (χ1) is 9.65. The number of nitrogens with one attached hydrogen (secondary N) is 1. The van der Waals surface area contributed by atoms with Crippen molar-refractivity contribution in [3.63, 3.8) is 0 Å². The van der Waals surface area contributed by atoms with Crippen LogP contribution in [0, 0.1) is 11.8 Å². The van der Waals surface area contributed by atoms with Crippen LogP contribution in [0.3, 0.4) is 0 Å². The minimum atomic E-state index is -0.0735. The lowest BCUT2D eigenvalue weighted by Gasteiger charge is -2.32. The topological polar surface area (TPSA) is 46.9 Å². The van der Waals surface area contributed by atoms with E-state index in [1.54, 1.807) is 10.9 Å². The van der Waals surface area contributed by atoms with Gasteiger partial charge in [0.15, 0.2) is 0 Å². The molecule has 2 saturated carbocycles. The van der Waals surface area contributed by atoms with Crippen molar-refractivity contribution in [2.24, 2.45) is 11.8 Å². The van der Waals surface area contributed by atoms with Crippen LogP contribution in [0.15, 0.2) is 11.0 Å². The molecule has 0 aliphatic heterocycles. The first kappa shape index (κ1) is 13.9. The fraction of sp³-hybridized carbons (Fsp3) is 0.733. The molecule has 1 unspecified atom stereocenters. The van der Waals surface area contributed by atoms with E-state index in [4.69, 9.17) is 11.6 Å². The third kappa shape index (κ3) is 2.71. The van der Waals surface area contributed by atoms with Crippen LogP contribution in [0.2, 0.25) is 5.02 Å². The van der Waals surface area contributed by atoms with E-state index in [-0.39, 0.29) is 5.56 Å². The molecule has 0 radical (unpaired) electrons. The molecule has 4 nitrogen and oxygen atoms in total. The molecule has 3 rings (SSSR count). The van der Waals surface area contributed by atoms with Crippen molar-refractivity contribution in [1.82, 2.24) is 9.78 Å². The van der Waals surface area contributed by atoms with Crippen LogP contribution in [0.1, 0.15) is 45.4 Å². The quantitative estimate of drug-likeness (QED) is 0.906. The number of nitrogens with zero attached hydrogens (tertiary/aromatic N) is 2. The van der Waals surface area contributed by atoms with Gasteiger partial charge in [-0.25, -0.2) is 4.68 Å². The van der Waals surface area contributed by atoms with Crippen molar-refractivity contribution < 1.29 is 0 Å². The van der Waals surface area contributed by atoms with Crippen LogP contribution in [-0.4, -0.2) is 15.8 Å². The molecule has 1 N–H and O–H groups in total. The van der Waals surface area contributed by atoms with Gasteiger partial charge in [0.2, 0.25) is 0 Å². The maximum Gasteiger partial charge on any atom is 0.291 e. The van der Waals surface area contributed by atoms with Gasteiger partial charge in [-0.05, 0) is 44.4 Å². The molecule has 0 amide bonds. The highest BCUT2D eigenvalue weighted by molar-refractivity contribution is 6.33. The minimum absolute atomic E-state index is 0.0735. The van der Waals surface area contributed by atoms with Crippen molar-refractivity contribution in [3.05, 3.63) is 21.6 Å². The molecule has 2 aliphatic rings. The summed E-state index contributed by atoms with van der Waals surface area (Å²) in [6.45, 7) is 2.86. The van der Waals surface area contributed by atoms with Crippen molar-refractivity contribution >= 4 is 17.3 Å². The van der Waals surface area contributed by atoms with E-state index in [2.05, 4.69) is 17.3 Å². The highest BCUT2D eigenvalue weighted by atomic mass is 35.5. The summed E-state index contributed by atoms with van der Waals surface area (Å²) in [5.41, 5.74) is 0.455. The monoisotopic (exact) mass is 295 g/mol. The molecule has 1 atom stereocenters. The first-order valence-corrected chi connectivity index (χ1v) is 8.05. The second-order valence-corrected chi connectivity index (χ2v) is 6.68. The fourth-order valence-electron chi connectivity index (χ4n) is 2.93. The summed E-state index contributed by atoms with van der Waals surface area (Å²) in [6.07, 6.45) is 9.07. The third-order valence-corrected chi connectivity index (χ3v) is 5.17. The molecule has 0 bridgehead atoms. The fourth-order valence-corrected chi connectivity index (χ4v) is 3.11. The van der Waals surface area contributed by atoms with Crippen molar-refractivity contribution in [2.45, 2.75) is 58.0 Å². The molecule has 0 spiro atoms. The number of anilines is 1. The number of rotatable bonds is 5. The highest BCUT2D eigenvalue weighted by Crippen LogP contribution is 2.31. The van der Waals surface area contributed by atoms with Crippen molar-refractivity contribution in [3.8, 4) is 0 Å². The van der Waals surface area contributed by atoms with Gasteiger partial charge in [0, 0.05) is 12.6 Å². The lowest BCUT2D eigenvalue weighted by atomic mass is 9.80. The zero-order valence-corrected chi connectivity index (χ0v) is 12.7. The largest absolute Gasteiger partial charge is 0.377 e. The standard InChI is InChI=1S/C15H22ClN3O/c1-10(12-6-3-7-12)18-14-13(16)8-17-19(15(14)20)9-11-4-2-5-11/h8,10-12,18H,2-7,9H2,1H3. The molecule has 20 heavy (non-hydrogen) atoms. The summed E-state index contributed by atoms with van der Waals surface area (Å²) < 4.78 is 1.57. The van der Waals surface area contributed by atoms with Gasteiger partial charge in [0.05, 0.1) is 11.2 Å². The molecule has 1 heterocycles. The van der Waals surface area contributed by atoms with Gasteiger partial charge in [0.25, 0.3) is 5.56 Å². The van der Waals surface area contributed by atoms with E-state index in [0.717, 1.165) is 6.54 Å². The lowest BCUT2D eigenvalue weighted by Crippen LogP contribution is -2.36. The molecule has 0 saturated heterocycles. The molecular formula is C15H22ClN3O. The molecule has 110 valence electrons. The summed E-state index contributed by atoms with van der Waals surface area (Å²) in [7, 11) is 0. The average Bonchev–Trinajstić information content (AvgIpc) is 2.29. The second-order valence-electron chi connectivity index (χ2n) is 6.28. The summed E-state index contributed by atoms with van der Waals surface area (Å²) in [4.78, 5) is 12.5. The van der Waals surface area contributed by atoms with E-state index in [0.29, 0.717) is 28.6 Å². The highest BCUT2D eigenvalue weighted by Gasteiger charge is 2.26. The van der Waals surface area contributed by atoms with Gasteiger partial charge >= 0.3 is 0 Å². The summed E-state index contributed by atoms with van der Waals surface area (Å²) in [6, 6.07) is 0.300. The first-order valence-electron chi connectivity index (χ1n) is 7.67. The van der Waals surface area contributed by atoms with E-state index in [1.807, 2.05) is 0 Å². The number of hydrogen-bond donors (Lipinski definition) is 1. The SMILES string of the molecule is CC(Nc1c(Cl)cnn(CC2CCC2)c1=O)C1CCC1. The Morgan fingerprint density at radius 3 is 2.65 bits per heavy atom. The average molecular weight is 296 g/mol. The van der Waals surface area contributed by atoms with Crippen molar-refractivity contribution in [2.75, 3.05) is 5.32 Å². The number of hydrogen-bond acceptors (Lipinski definition) is 3. The van der Waals surface area contributed by atoms with Gasteiger partial charge in [-0.2, -0.15) is 5.10 Å². The van der Waals surface area contributed by atoms with E-state index in [1.165, 1.54) is 38.5 Å². The Morgan fingerprint density at radius 1 is 1.40 bits per heavy atom. The summed E-state index contributed by atoms with van der Waals surface area (Å²) in [5.74, 6) is 1.27. The Bertz CT molecular complexity index is 534. The summed E-state index contributed by atoms with van der Waals surface area (Å²) in [5, 5.41) is 7.94. The van der Waals surface area contributed by atoms with Crippen LogP contribution in [0.4, 0.5) is 5.69 Å². The number of halogens is 1. The minimum Gasteiger partial charge on any atom is -0.377 e. The number of aromatic nitrogens is 2. The van der Waals surface area contributed by atoms with Gasteiger partial charge in [-0.15, -0.1) is 0 Å². The summed E-state index contributed by atoms with van der Waals surface area (Å²) >= 11 is 6.16. The van der Waals surface area contributed by atoms with E-state index in [9.17, 15) is 4.79 Å². The normalized spacial score (nSPS) is 21.1. The molecule has 1 aromatic heterocycles. The zero-order valence-electron chi connectivity index (χ0n) is 11.9. The van der Waals surface area contributed by atoms with E-state index < -0.39 is 0 Å². The van der Waals surface area contributed by atoms with Gasteiger partial charge in [-0.1, -0.05) is 24.4 Å². The molecule has 2 fully saturated rings. The van der Waals surface area contributed by atoms with Crippen LogP contribution in [-0.2, 0) is 6.54 Å². The maximum absolute atomic E-state index is 12.5. The molecular weight excluding hydrogens is 274 g/mol. The molecule has 0 aromatic carbocycles. The smallest absolute Gasteiger partial charge is 0.291 e. The van der Waals surface area contributed by atoms with Gasteiger partial charge in [-0.3, -0.25) is 4.79 Å². The van der Waals surface area contributed by atoms with Gasteiger partial charge in [0.1, 0.15) is 5.69 Å². The van der Waals surface area contributed by atoms with Crippen LogP contribution in [0.5, 0.6) is 0 Å². The Morgan fingerprint density at radius 2 is 2.10 bits per heavy atom. The zero-order chi connectivity index (χ0) is 14.1. The molecule has 2 aliphatic carbocycles. The lowest BCUT2D eigenvalue weighted by molar-refractivity contribution is 0.261.